The molecule has 0 radical (unpaired) electrons. The van der Waals surface area contributed by atoms with Crippen molar-refractivity contribution in [2.75, 3.05) is 17.7 Å². The number of nitrogens with zero attached hydrogens (tertiary/aromatic N) is 1. The highest BCUT2D eigenvalue weighted by atomic mass is 16.5. The fourth-order valence-electron chi connectivity index (χ4n) is 1.94. The van der Waals surface area contributed by atoms with Crippen molar-refractivity contribution in [1.29, 1.82) is 5.26 Å². The van der Waals surface area contributed by atoms with Crippen molar-refractivity contribution in [2.24, 2.45) is 0 Å². The van der Waals surface area contributed by atoms with E-state index in [4.69, 9.17) is 10.00 Å². The minimum Gasteiger partial charge on any atom is -0.506 e. The molecule has 0 saturated heterocycles. The molecule has 2 aromatic carbocycles. The molecule has 0 spiro atoms. The monoisotopic (exact) mass is 323 g/mol. The van der Waals surface area contributed by atoms with E-state index < -0.39 is 5.91 Å². The number of hydrogen-bond donors (Lipinski definition) is 3. The number of phenols is 1. The Labute approximate surface area is 140 Å². The highest BCUT2D eigenvalue weighted by Crippen LogP contribution is 2.24. The van der Waals surface area contributed by atoms with Crippen LogP contribution in [0.2, 0.25) is 0 Å². The van der Waals surface area contributed by atoms with Crippen molar-refractivity contribution in [1.82, 2.24) is 0 Å². The lowest BCUT2D eigenvalue weighted by molar-refractivity contribution is -0.112. The third-order valence-corrected chi connectivity index (χ3v) is 3.24. The number of rotatable bonds is 5. The Bertz CT molecular complexity index is 805. The quantitative estimate of drug-likeness (QED) is 0.446. The number of nitrogens with one attached hydrogen (secondary N) is 2. The fourth-order valence-corrected chi connectivity index (χ4v) is 1.94. The molecule has 0 bridgehead atoms. The Morgan fingerprint density at radius 3 is 2.54 bits per heavy atom. The maximum atomic E-state index is 12.1. The number of hydrogen-bond acceptors (Lipinski definition) is 5. The van der Waals surface area contributed by atoms with Gasteiger partial charge in [0.2, 0.25) is 0 Å². The molecule has 0 aromatic heterocycles. The second kappa shape index (κ2) is 7.70. The van der Waals surface area contributed by atoms with E-state index >= 15 is 0 Å². The SMILES string of the molecule is COc1ccc(NC(=O)/C(C#N)=C\Nc2ccc(C)cc2O)cc1. The summed E-state index contributed by atoms with van der Waals surface area (Å²) in [5, 5.41) is 24.3. The van der Waals surface area contributed by atoms with Crippen LogP contribution < -0.4 is 15.4 Å². The topological polar surface area (TPSA) is 94.4 Å². The van der Waals surface area contributed by atoms with Crippen molar-refractivity contribution < 1.29 is 14.6 Å². The molecule has 2 aromatic rings. The molecule has 2 rings (SSSR count). The van der Waals surface area contributed by atoms with Gasteiger partial charge in [-0.1, -0.05) is 6.07 Å². The largest absolute Gasteiger partial charge is 0.506 e. The summed E-state index contributed by atoms with van der Waals surface area (Å²) in [7, 11) is 1.55. The second-order valence-electron chi connectivity index (χ2n) is 5.02. The van der Waals surface area contributed by atoms with Crippen LogP contribution in [0.5, 0.6) is 11.5 Å². The highest BCUT2D eigenvalue weighted by Gasteiger charge is 2.10. The number of amides is 1. The van der Waals surface area contributed by atoms with Crippen LogP contribution in [-0.4, -0.2) is 18.1 Å². The van der Waals surface area contributed by atoms with Gasteiger partial charge in [0.25, 0.3) is 5.91 Å². The van der Waals surface area contributed by atoms with Gasteiger partial charge in [0.1, 0.15) is 23.1 Å². The van der Waals surface area contributed by atoms with E-state index in [1.165, 1.54) is 6.20 Å². The van der Waals surface area contributed by atoms with E-state index in [2.05, 4.69) is 10.6 Å². The van der Waals surface area contributed by atoms with Gasteiger partial charge in [-0.15, -0.1) is 0 Å². The number of anilines is 2. The van der Waals surface area contributed by atoms with Gasteiger partial charge >= 0.3 is 0 Å². The van der Waals surface area contributed by atoms with Crippen LogP contribution in [0.25, 0.3) is 0 Å². The van der Waals surface area contributed by atoms with Crippen molar-refractivity contribution >= 4 is 17.3 Å². The second-order valence-corrected chi connectivity index (χ2v) is 5.02. The van der Waals surface area contributed by atoms with Crippen LogP contribution >= 0.6 is 0 Å². The number of nitriles is 1. The van der Waals surface area contributed by atoms with E-state index in [-0.39, 0.29) is 11.3 Å². The van der Waals surface area contributed by atoms with Crippen molar-refractivity contribution in [3.05, 3.63) is 59.8 Å². The van der Waals surface area contributed by atoms with Crippen LogP contribution in [0.1, 0.15) is 5.56 Å². The number of phenolic OH excluding ortho intramolecular Hbond substituents is 1. The molecule has 0 heterocycles. The molecule has 0 atom stereocenters. The van der Waals surface area contributed by atoms with Gasteiger partial charge in [-0.2, -0.15) is 5.26 Å². The summed E-state index contributed by atoms with van der Waals surface area (Å²) in [6.45, 7) is 1.85. The third kappa shape index (κ3) is 4.27. The van der Waals surface area contributed by atoms with E-state index in [9.17, 15) is 9.90 Å². The summed E-state index contributed by atoms with van der Waals surface area (Å²) in [4.78, 5) is 12.1. The average Bonchev–Trinajstić information content (AvgIpc) is 2.57. The molecular formula is C18H17N3O3. The minimum atomic E-state index is -0.554. The molecule has 0 saturated carbocycles. The van der Waals surface area contributed by atoms with Crippen molar-refractivity contribution in [2.45, 2.75) is 6.92 Å². The molecule has 0 aliphatic carbocycles. The molecule has 1 amide bonds. The Kier molecular flexibility index (Phi) is 5.42. The summed E-state index contributed by atoms with van der Waals surface area (Å²) >= 11 is 0. The van der Waals surface area contributed by atoms with Gasteiger partial charge in [-0.25, -0.2) is 0 Å². The van der Waals surface area contributed by atoms with Gasteiger partial charge < -0.3 is 20.5 Å². The number of carbonyl (C=O) groups is 1. The first-order chi connectivity index (χ1) is 11.5. The lowest BCUT2D eigenvalue weighted by Crippen LogP contribution is -2.14. The normalized spacial score (nSPS) is 10.6. The highest BCUT2D eigenvalue weighted by molar-refractivity contribution is 6.06. The maximum absolute atomic E-state index is 12.1. The van der Waals surface area contributed by atoms with Crippen LogP contribution in [0, 0.1) is 18.3 Å². The number of carbonyl (C=O) groups excluding carboxylic acids is 1. The molecule has 0 aliphatic heterocycles. The summed E-state index contributed by atoms with van der Waals surface area (Å²) < 4.78 is 5.04. The summed E-state index contributed by atoms with van der Waals surface area (Å²) in [6.07, 6.45) is 1.25. The molecule has 3 N–H and O–H groups in total. The molecular weight excluding hydrogens is 306 g/mol. The van der Waals surface area contributed by atoms with Gasteiger partial charge in [0.05, 0.1) is 12.8 Å². The number of aromatic hydroxyl groups is 1. The van der Waals surface area contributed by atoms with Gasteiger partial charge in [0, 0.05) is 11.9 Å². The minimum absolute atomic E-state index is 0.0408. The van der Waals surface area contributed by atoms with Gasteiger partial charge in [-0.3, -0.25) is 4.79 Å². The lowest BCUT2D eigenvalue weighted by atomic mass is 10.2. The van der Waals surface area contributed by atoms with Crippen LogP contribution in [0.4, 0.5) is 11.4 Å². The van der Waals surface area contributed by atoms with E-state index in [1.807, 2.05) is 13.0 Å². The standard InChI is InChI=1S/C18H17N3O3/c1-12-3-8-16(17(22)9-12)20-11-13(10-19)18(23)21-14-4-6-15(24-2)7-5-14/h3-9,11,20,22H,1-2H3,(H,21,23)/b13-11-. The van der Waals surface area contributed by atoms with E-state index in [0.717, 1.165) is 5.56 Å². The molecule has 24 heavy (non-hydrogen) atoms. The maximum Gasteiger partial charge on any atom is 0.267 e. The van der Waals surface area contributed by atoms with Gasteiger partial charge in [-0.05, 0) is 48.9 Å². The summed E-state index contributed by atoms with van der Waals surface area (Å²) in [5.41, 5.74) is 1.73. The van der Waals surface area contributed by atoms with Crippen molar-refractivity contribution in [3.63, 3.8) is 0 Å². The number of benzene rings is 2. The zero-order valence-electron chi connectivity index (χ0n) is 13.3. The Morgan fingerprint density at radius 1 is 1.25 bits per heavy atom. The Morgan fingerprint density at radius 2 is 1.96 bits per heavy atom. The molecule has 122 valence electrons. The smallest absolute Gasteiger partial charge is 0.267 e. The first kappa shape index (κ1) is 16.9. The van der Waals surface area contributed by atoms with Crippen LogP contribution in [0.15, 0.2) is 54.2 Å². The Balaban J connectivity index is 2.08. The van der Waals surface area contributed by atoms with Crippen LogP contribution in [0.3, 0.4) is 0 Å². The predicted molar refractivity (Wildman–Crippen MR) is 91.8 cm³/mol. The first-order valence-electron chi connectivity index (χ1n) is 7.15. The summed E-state index contributed by atoms with van der Waals surface area (Å²) in [6, 6.07) is 13.6. The molecule has 0 unspecified atom stereocenters. The predicted octanol–water partition coefficient (Wildman–Crippen LogP) is 3.17. The van der Waals surface area contributed by atoms with Gasteiger partial charge in [0.15, 0.2) is 0 Å². The van der Waals surface area contributed by atoms with E-state index in [0.29, 0.717) is 17.1 Å². The number of ether oxygens (including phenoxy) is 1. The zero-order chi connectivity index (χ0) is 17.5. The lowest BCUT2D eigenvalue weighted by Gasteiger charge is -2.07. The Hall–Kier alpha value is -3.46. The molecule has 6 heteroatoms. The van der Waals surface area contributed by atoms with Crippen LogP contribution in [-0.2, 0) is 4.79 Å². The number of aryl methyl sites for hydroxylation is 1. The fraction of sp³-hybridized carbons (Fsp3) is 0.111. The van der Waals surface area contributed by atoms with E-state index in [1.54, 1.807) is 49.6 Å². The summed E-state index contributed by atoms with van der Waals surface area (Å²) in [5.74, 6) is 0.154. The zero-order valence-corrected chi connectivity index (χ0v) is 13.3. The van der Waals surface area contributed by atoms with Crippen molar-refractivity contribution in [3.8, 4) is 17.6 Å². The molecule has 6 nitrogen and oxygen atoms in total. The molecule has 0 fully saturated rings. The molecule has 0 aliphatic rings. The number of methoxy groups -OCH3 is 1. The third-order valence-electron chi connectivity index (χ3n) is 3.24. The average molecular weight is 323 g/mol. The first-order valence-corrected chi connectivity index (χ1v) is 7.15.